The predicted octanol–water partition coefficient (Wildman–Crippen LogP) is 3.61. The molecule has 0 atom stereocenters. The van der Waals surface area contributed by atoms with Gasteiger partial charge in [-0.1, -0.05) is 44.9 Å². The van der Waals surface area contributed by atoms with Gasteiger partial charge in [-0.15, -0.1) is 0 Å². The van der Waals surface area contributed by atoms with E-state index in [1.54, 1.807) is 0 Å². The highest BCUT2D eigenvalue weighted by atomic mass is 32.1. The first kappa shape index (κ1) is 31.6. The number of thiol groups is 1. The summed E-state index contributed by atoms with van der Waals surface area (Å²) < 4.78 is 31.9. The highest BCUT2D eigenvalue weighted by molar-refractivity contribution is 7.80. The predicted molar refractivity (Wildman–Crippen MR) is 128 cm³/mol. The lowest BCUT2D eigenvalue weighted by Gasteiger charge is -2.08. The van der Waals surface area contributed by atoms with Gasteiger partial charge in [0.1, 0.15) is 6.61 Å². The van der Waals surface area contributed by atoms with E-state index in [0.717, 1.165) is 18.8 Å². The van der Waals surface area contributed by atoms with Gasteiger partial charge in [-0.2, -0.15) is 12.6 Å². The van der Waals surface area contributed by atoms with Gasteiger partial charge in [-0.3, -0.25) is 0 Å². The standard InChI is InChI=1S/C23H46O8S/c24-23(25)22-31-20-19-30-18-17-29-16-15-28-14-13-27-12-11-26-10-8-6-4-2-1-3-5-7-9-21-32/h32H,1-22H2,(H,24,25). The van der Waals surface area contributed by atoms with Gasteiger partial charge in [0.05, 0.1) is 66.1 Å². The summed E-state index contributed by atoms with van der Waals surface area (Å²) in [6.45, 7) is 5.37. The van der Waals surface area contributed by atoms with E-state index in [2.05, 4.69) is 12.6 Å². The fourth-order valence-electron chi connectivity index (χ4n) is 2.81. The molecule has 0 amide bonds. The van der Waals surface area contributed by atoms with Crippen molar-refractivity contribution in [3.63, 3.8) is 0 Å². The van der Waals surface area contributed by atoms with Crippen molar-refractivity contribution in [3.8, 4) is 0 Å². The highest BCUT2D eigenvalue weighted by Gasteiger charge is 1.97. The number of carboxylic acids is 1. The molecular weight excluding hydrogens is 436 g/mol. The lowest BCUT2D eigenvalue weighted by Crippen LogP contribution is -2.15. The Kier molecular flexibility index (Phi) is 28.2. The van der Waals surface area contributed by atoms with E-state index < -0.39 is 5.97 Å². The quantitative estimate of drug-likeness (QED) is 0.129. The van der Waals surface area contributed by atoms with E-state index in [9.17, 15) is 4.79 Å². The van der Waals surface area contributed by atoms with Crippen molar-refractivity contribution in [3.05, 3.63) is 0 Å². The van der Waals surface area contributed by atoms with Gasteiger partial charge in [0.15, 0.2) is 0 Å². The van der Waals surface area contributed by atoms with Crippen LogP contribution in [0.3, 0.4) is 0 Å². The van der Waals surface area contributed by atoms with Crippen molar-refractivity contribution in [2.45, 2.75) is 57.8 Å². The number of rotatable bonds is 28. The first-order valence-corrected chi connectivity index (χ1v) is 12.7. The largest absolute Gasteiger partial charge is 0.480 e. The maximum atomic E-state index is 10.2. The van der Waals surface area contributed by atoms with Crippen LogP contribution >= 0.6 is 12.6 Å². The van der Waals surface area contributed by atoms with Crippen molar-refractivity contribution in [2.24, 2.45) is 0 Å². The van der Waals surface area contributed by atoms with Crippen molar-refractivity contribution in [2.75, 3.05) is 85.0 Å². The van der Waals surface area contributed by atoms with Gasteiger partial charge >= 0.3 is 5.97 Å². The zero-order chi connectivity index (χ0) is 23.4. The van der Waals surface area contributed by atoms with Crippen LogP contribution in [0.25, 0.3) is 0 Å². The van der Waals surface area contributed by atoms with Gasteiger partial charge in [0.2, 0.25) is 0 Å². The third-order valence-electron chi connectivity index (χ3n) is 4.53. The Balaban J connectivity index is 3.00. The lowest BCUT2D eigenvalue weighted by molar-refractivity contribution is -0.142. The van der Waals surface area contributed by atoms with Gasteiger partial charge < -0.3 is 33.5 Å². The van der Waals surface area contributed by atoms with Gasteiger partial charge in [0, 0.05) is 6.61 Å². The molecule has 0 unspecified atom stereocenters. The van der Waals surface area contributed by atoms with Crippen LogP contribution in [0.2, 0.25) is 0 Å². The van der Waals surface area contributed by atoms with E-state index >= 15 is 0 Å². The molecule has 0 aliphatic rings. The summed E-state index contributed by atoms with van der Waals surface area (Å²) in [5, 5.41) is 8.39. The Morgan fingerprint density at radius 1 is 0.469 bits per heavy atom. The molecule has 0 fully saturated rings. The van der Waals surface area contributed by atoms with Crippen LogP contribution in [0.4, 0.5) is 0 Å². The molecule has 0 aliphatic heterocycles. The zero-order valence-corrected chi connectivity index (χ0v) is 20.7. The summed E-state index contributed by atoms with van der Waals surface area (Å²) in [6.07, 6.45) is 11.7. The summed E-state index contributed by atoms with van der Waals surface area (Å²) in [6, 6.07) is 0. The molecule has 0 aromatic heterocycles. The van der Waals surface area contributed by atoms with Crippen molar-refractivity contribution in [1.82, 2.24) is 0 Å². The van der Waals surface area contributed by atoms with Crippen LogP contribution in [-0.2, 0) is 33.2 Å². The molecule has 0 aromatic rings. The monoisotopic (exact) mass is 482 g/mol. The molecule has 0 radical (unpaired) electrons. The fourth-order valence-corrected chi connectivity index (χ4v) is 3.04. The van der Waals surface area contributed by atoms with Crippen LogP contribution in [0.1, 0.15) is 57.8 Å². The second kappa shape index (κ2) is 28.6. The smallest absolute Gasteiger partial charge is 0.329 e. The molecule has 0 saturated carbocycles. The van der Waals surface area contributed by atoms with Crippen LogP contribution in [0.5, 0.6) is 0 Å². The van der Waals surface area contributed by atoms with E-state index in [-0.39, 0.29) is 13.2 Å². The maximum absolute atomic E-state index is 10.2. The summed E-state index contributed by atoms with van der Waals surface area (Å²) in [5.74, 6) is 0.0371. The first-order chi connectivity index (χ1) is 15.8. The Morgan fingerprint density at radius 3 is 1.16 bits per heavy atom. The molecule has 32 heavy (non-hydrogen) atoms. The fraction of sp³-hybridized carbons (Fsp3) is 0.957. The molecule has 0 aliphatic carbocycles. The molecule has 0 spiro atoms. The Bertz CT molecular complexity index is 374. The maximum Gasteiger partial charge on any atom is 0.329 e. The van der Waals surface area contributed by atoms with Crippen LogP contribution in [0, 0.1) is 0 Å². The molecular formula is C23H46O8S. The summed E-state index contributed by atoms with van der Waals surface area (Å²) in [7, 11) is 0. The molecule has 0 bridgehead atoms. The van der Waals surface area contributed by atoms with E-state index in [1.165, 1.54) is 51.4 Å². The van der Waals surface area contributed by atoms with Crippen molar-refractivity contribution >= 4 is 18.6 Å². The average Bonchev–Trinajstić information content (AvgIpc) is 2.78. The molecule has 192 valence electrons. The molecule has 8 nitrogen and oxygen atoms in total. The Hall–Kier alpha value is -0.420. The molecule has 0 rings (SSSR count). The minimum atomic E-state index is -0.981. The van der Waals surface area contributed by atoms with Crippen LogP contribution in [0.15, 0.2) is 0 Å². The van der Waals surface area contributed by atoms with E-state index in [0.29, 0.717) is 59.5 Å². The van der Waals surface area contributed by atoms with Gasteiger partial charge in [-0.05, 0) is 18.6 Å². The molecule has 0 saturated heterocycles. The van der Waals surface area contributed by atoms with E-state index in [1.807, 2.05) is 0 Å². The average molecular weight is 483 g/mol. The third kappa shape index (κ3) is 29.6. The third-order valence-corrected chi connectivity index (χ3v) is 4.85. The topological polar surface area (TPSA) is 92.7 Å². The minimum Gasteiger partial charge on any atom is -0.480 e. The van der Waals surface area contributed by atoms with Crippen molar-refractivity contribution in [1.29, 1.82) is 0 Å². The van der Waals surface area contributed by atoms with Crippen LogP contribution < -0.4 is 0 Å². The summed E-state index contributed by atoms with van der Waals surface area (Å²) in [5.41, 5.74) is 0. The second-order valence-corrected chi connectivity index (χ2v) is 7.86. The van der Waals surface area contributed by atoms with Crippen LogP contribution in [-0.4, -0.2) is 96.1 Å². The summed E-state index contributed by atoms with van der Waals surface area (Å²) >= 11 is 4.23. The normalized spacial score (nSPS) is 11.3. The number of carbonyl (C=O) groups is 1. The van der Waals surface area contributed by atoms with E-state index in [4.69, 9.17) is 33.5 Å². The van der Waals surface area contributed by atoms with Gasteiger partial charge in [-0.25, -0.2) is 4.79 Å². The SMILES string of the molecule is O=C(O)COCCOCCOCCOCCOCCOCCCCCCCCCCCS. The Labute approximate surface area is 200 Å². The first-order valence-electron chi connectivity index (χ1n) is 12.1. The number of carboxylic acid groups (broad SMARTS) is 1. The number of ether oxygens (including phenoxy) is 6. The van der Waals surface area contributed by atoms with Gasteiger partial charge in [0.25, 0.3) is 0 Å². The number of aliphatic carboxylic acids is 1. The number of hydrogen-bond donors (Lipinski definition) is 2. The highest BCUT2D eigenvalue weighted by Crippen LogP contribution is 2.10. The molecule has 9 heteroatoms. The minimum absolute atomic E-state index is 0.262. The molecule has 0 aromatic carbocycles. The molecule has 1 N–H and O–H groups in total. The second-order valence-electron chi connectivity index (χ2n) is 7.41. The summed E-state index contributed by atoms with van der Waals surface area (Å²) in [4.78, 5) is 10.2. The number of hydrogen-bond acceptors (Lipinski definition) is 8. The van der Waals surface area contributed by atoms with Crippen molar-refractivity contribution < 1.29 is 38.3 Å². The Morgan fingerprint density at radius 2 is 0.781 bits per heavy atom. The lowest BCUT2D eigenvalue weighted by atomic mass is 10.1. The zero-order valence-electron chi connectivity index (χ0n) is 19.8. The number of unbranched alkanes of at least 4 members (excludes halogenated alkanes) is 8. The molecule has 0 heterocycles.